The minimum atomic E-state index is -0.740. The van der Waals surface area contributed by atoms with Gasteiger partial charge in [-0.1, -0.05) is 13.0 Å². The van der Waals surface area contributed by atoms with Crippen molar-refractivity contribution in [2.24, 2.45) is 0 Å². The van der Waals surface area contributed by atoms with Gasteiger partial charge in [-0.2, -0.15) is 0 Å². The summed E-state index contributed by atoms with van der Waals surface area (Å²) < 4.78 is 5.38. The Hall–Kier alpha value is -2.07. The quantitative estimate of drug-likeness (QED) is 0.910. The lowest BCUT2D eigenvalue weighted by atomic mass is 9.84. The first-order valence-electron chi connectivity index (χ1n) is 7.15. The largest absolute Gasteiger partial charge is 0.469 e. The van der Waals surface area contributed by atoms with Gasteiger partial charge < -0.3 is 14.8 Å². The molecule has 3 rings (SSSR count). The van der Waals surface area contributed by atoms with Gasteiger partial charge in [0.25, 0.3) is 0 Å². The number of nitrogens with one attached hydrogen (secondary N) is 1. The number of fused-ring (bicyclic) bond motifs is 1. The SMILES string of the molecule is CCc1occc1C(O)c1ccc2c(c1)C(C)(C)C(=O)N2. The summed E-state index contributed by atoms with van der Waals surface area (Å²) in [5, 5.41) is 13.5. The lowest BCUT2D eigenvalue weighted by molar-refractivity contribution is -0.119. The molecular weight excluding hydrogens is 266 g/mol. The van der Waals surface area contributed by atoms with Crippen LogP contribution in [0.1, 0.15) is 49.3 Å². The van der Waals surface area contributed by atoms with E-state index in [0.717, 1.165) is 34.6 Å². The Balaban J connectivity index is 2.02. The van der Waals surface area contributed by atoms with Crippen LogP contribution in [0.4, 0.5) is 5.69 Å². The van der Waals surface area contributed by atoms with Crippen LogP contribution in [-0.2, 0) is 16.6 Å². The number of carbonyl (C=O) groups excluding carboxylic acids is 1. The lowest BCUT2D eigenvalue weighted by Gasteiger charge is -2.17. The molecule has 1 aromatic carbocycles. The molecule has 4 heteroatoms. The smallest absolute Gasteiger partial charge is 0.234 e. The Morgan fingerprint density at radius 2 is 2.10 bits per heavy atom. The van der Waals surface area contributed by atoms with Gasteiger partial charge in [-0.3, -0.25) is 4.79 Å². The van der Waals surface area contributed by atoms with E-state index in [2.05, 4.69) is 5.32 Å². The molecule has 1 aliphatic rings. The van der Waals surface area contributed by atoms with Crippen molar-refractivity contribution in [3.05, 3.63) is 53.0 Å². The molecule has 1 aromatic heterocycles. The van der Waals surface area contributed by atoms with Gasteiger partial charge in [0.15, 0.2) is 0 Å². The zero-order valence-corrected chi connectivity index (χ0v) is 12.4. The molecule has 2 N–H and O–H groups in total. The highest BCUT2D eigenvalue weighted by Crippen LogP contribution is 2.39. The predicted molar refractivity (Wildman–Crippen MR) is 80.2 cm³/mol. The number of anilines is 1. The van der Waals surface area contributed by atoms with Crippen LogP contribution in [0, 0.1) is 0 Å². The monoisotopic (exact) mass is 285 g/mol. The summed E-state index contributed by atoms with van der Waals surface area (Å²) in [5.74, 6) is 0.776. The maximum Gasteiger partial charge on any atom is 0.234 e. The standard InChI is InChI=1S/C17H19NO3/c1-4-14-11(7-8-21-14)15(19)10-5-6-13-12(9-10)17(2,3)16(20)18-13/h5-9,15,19H,4H2,1-3H3,(H,18,20). The van der Waals surface area contributed by atoms with E-state index in [4.69, 9.17) is 4.42 Å². The Morgan fingerprint density at radius 3 is 2.81 bits per heavy atom. The number of aliphatic hydroxyl groups is 1. The van der Waals surface area contributed by atoms with Crippen LogP contribution in [-0.4, -0.2) is 11.0 Å². The van der Waals surface area contributed by atoms with Crippen molar-refractivity contribution < 1.29 is 14.3 Å². The molecule has 0 spiro atoms. The molecule has 0 saturated carbocycles. The predicted octanol–water partition coefficient (Wildman–Crippen LogP) is 3.15. The Morgan fingerprint density at radius 1 is 1.33 bits per heavy atom. The molecule has 1 atom stereocenters. The van der Waals surface area contributed by atoms with Gasteiger partial charge >= 0.3 is 0 Å². The van der Waals surface area contributed by atoms with E-state index >= 15 is 0 Å². The van der Waals surface area contributed by atoms with Crippen LogP contribution in [0.15, 0.2) is 34.9 Å². The summed E-state index contributed by atoms with van der Waals surface area (Å²) in [6.45, 7) is 5.77. The van der Waals surface area contributed by atoms with E-state index < -0.39 is 11.5 Å². The number of amides is 1. The second-order valence-corrected chi connectivity index (χ2v) is 5.94. The molecule has 0 saturated heterocycles. The number of furan rings is 1. The van der Waals surface area contributed by atoms with E-state index in [0.29, 0.717) is 0 Å². The van der Waals surface area contributed by atoms with E-state index in [-0.39, 0.29) is 5.91 Å². The normalized spacial score (nSPS) is 17.4. The zero-order valence-electron chi connectivity index (χ0n) is 12.4. The summed E-state index contributed by atoms with van der Waals surface area (Å²) in [6.07, 6.45) is 1.59. The average Bonchev–Trinajstić information content (AvgIpc) is 3.02. The van der Waals surface area contributed by atoms with E-state index in [1.807, 2.05) is 39.0 Å². The van der Waals surface area contributed by atoms with Gasteiger partial charge in [0.05, 0.1) is 11.7 Å². The van der Waals surface area contributed by atoms with Crippen molar-refractivity contribution in [2.75, 3.05) is 5.32 Å². The Kier molecular flexibility index (Phi) is 3.14. The molecule has 110 valence electrons. The fourth-order valence-corrected chi connectivity index (χ4v) is 2.82. The second-order valence-electron chi connectivity index (χ2n) is 5.94. The highest BCUT2D eigenvalue weighted by atomic mass is 16.3. The van der Waals surface area contributed by atoms with Gasteiger partial charge in [-0.15, -0.1) is 0 Å². The van der Waals surface area contributed by atoms with Gasteiger partial charge in [0, 0.05) is 17.7 Å². The molecular formula is C17H19NO3. The van der Waals surface area contributed by atoms with Crippen molar-refractivity contribution in [1.29, 1.82) is 0 Å². The van der Waals surface area contributed by atoms with Gasteiger partial charge in [-0.05, 0) is 43.2 Å². The summed E-state index contributed by atoms with van der Waals surface area (Å²) in [6, 6.07) is 7.40. The third kappa shape index (κ3) is 2.07. The van der Waals surface area contributed by atoms with E-state index in [9.17, 15) is 9.90 Å². The van der Waals surface area contributed by atoms with Crippen LogP contribution in [0.3, 0.4) is 0 Å². The Bertz CT molecular complexity index is 700. The highest BCUT2D eigenvalue weighted by molar-refractivity contribution is 6.05. The summed E-state index contributed by atoms with van der Waals surface area (Å²) >= 11 is 0. The van der Waals surface area contributed by atoms with E-state index in [1.54, 1.807) is 12.3 Å². The molecule has 1 unspecified atom stereocenters. The molecule has 21 heavy (non-hydrogen) atoms. The summed E-state index contributed by atoms with van der Waals surface area (Å²) in [7, 11) is 0. The molecule has 0 bridgehead atoms. The molecule has 2 heterocycles. The van der Waals surface area contributed by atoms with Crippen LogP contribution in [0.25, 0.3) is 0 Å². The second kappa shape index (κ2) is 4.74. The van der Waals surface area contributed by atoms with Crippen molar-refractivity contribution in [1.82, 2.24) is 0 Å². The fourth-order valence-electron chi connectivity index (χ4n) is 2.82. The first-order chi connectivity index (χ1) is 9.95. The number of benzene rings is 1. The molecule has 4 nitrogen and oxygen atoms in total. The van der Waals surface area contributed by atoms with Crippen LogP contribution in [0.5, 0.6) is 0 Å². The minimum Gasteiger partial charge on any atom is -0.469 e. The highest BCUT2D eigenvalue weighted by Gasteiger charge is 2.38. The molecule has 0 radical (unpaired) electrons. The molecule has 2 aromatic rings. The van der Waals surface area contributed by atoms with Crippen LogP contribution < -0.4 is 5.32 Å². The minimum absolute atomic E-state index is 0.0123. The third-order valence-electron chi connectivity index (χ3n) is 4.24. The third-order valence-corrected chi connectivity index (χ3v) is 4.24. The fraction of sp³-hybridized carbons (Fsp3) is 0.353. The zero-order chi connectivity index (χ0) is 15.2. The molecule has 0 fully saturated rings. The number of hydrogen-bond donors (Lipinski definition) is 2. The Labute approximate surface area is 123 Å². The molecule has 1 aliphatic heterocycles. The number of aliphatic hydroxyl groups excluding tert-OH is 1. The van der Waals surface area contributed by atoms with E-state index in [1.165, 1.54) is 0 Å². The number of hydrogen-bond acceptors (Lipinski definition) is 3. The first-order valence-corrected chi connectivity index (χ1v) is 7.15. The first kappa shape index (κ1) is 13.9. The van der Waals surface area contributed by atoms with Crippen molar-refractivity contribution in [2.45, 2.75) is 38.7 Å². The van der Waals surface area contributed by atoms with Gasteiger partial charge in [-0.25, -0.2) is 0 Å². The van der Waals surface area contributed by atoms with Crippen LogP contribution >= 0.6 is 0 Å². The number of carbonyl (C=O) groups is 1. The van der Waals surface area contributed by atoms with Gasteiger partial charge in [0.1, 0.15) is 11.9 Å². The molecule has 0 aliphatic carbocycles. The van der Waals surface area contributed by atoms with Crippen molar-refractivity contribution >= 4 is 11.6 Å². The summed E-state index contributed by atoms with van der Waals surface area (Å²) in [5.41, 5.74) is 2.73. The van der Waals surface area contributed by atoms with Crippen molar-refractivity contribution in [3.8, 4) is 0 Å². The average molecular weight is 285 g/mol. The number of aryl methyl sites for hydroxylation is 1. The molecule has 1 amide bonds. The summed E-state index contributed by atoms with van der Waals surface area (Å²) in [4.78, 5) is 12.0. The topological polar surface area (TPSA) is 62.5 Å². The number of rotatable bonds is 3. The van der Waals surface area contributed by atoms with Crippen LogP contribution in [0.2, 0.25) is 0 Å². The maximum atomic E-state index is 12.0. The maximum absolute atomic E-state index is 12.0. The van der Waals surface area contributed by atoms with Gasteiger partial charge in [0.2, 0.25) is 5.91 Å². The lowest BCUT2D eigenvalue weighted by Crippen LogP contribution is -2.26. The van der Waals surface area contributed by atoms with Crippen molar-refractivity contribution in [3.63, 3.8) is 0 Å².